The van der Waals surface area contributed by atoms with Crippen LogP contribution >= 0.6 is 34.5 Å². The molecule has 0 N–H and O–H groups in total. The predicted octanol–water partition coefficient (Wildman–Crippen LogP) is 4.93. The highest BCUT2D eigenvalue weighted by molar-refractivity contribution is 7.16. The lowest BCUT2D eigenvalue weighted by atomic mass is 10.1. The van der Waals surface area contributed by atoms with Crippen LogP contribution in [0.5, 0.6) is 0 Å². The lowest BCUT2D eigenvalue weighted by Crippen LogP contribution is -2.23. The van der Waals surface area contributed by atoms with E-state index in [1.807, 2.05) is 19.9 Å². The summed E-state index contributed by atoms with van der Waals surface area (Å²) in [6.45, 7) is 5.98. The Morgan fingerprint density at radius 2 is 1.79 bits per heavy atom. The number of benzene rings is 2. The molecular weight excluding hydrogens is 419 g/mol. The van der Waals surface area contributed by atoms with Crippen LogP contribution in [0.25, 0.3) is 10.2 Å². The minimum atomic E-state index is -0.483. The van der Waals surface area contributed by atoms with Gasteiger partial charge in [-0.25, -0.2) is 0 Å². The van der Waals surface area contributed by atoms with Crippen LogP contribution < -0.4 is 4.80 Å². The summed E-state index contributed by atoms with van der Waals surface area (Å²) in [4.78, 5) is 29.5. The molecule has 0 spiro atoms. The van der Waals surface area contributed by atoms with E-state index < -0.39 is 5.91 Å². The van der Waals surface area contributed by atoms with Crippen molar-refractivity contribution in [1.82, 2.24) is 4.57 Å². The second-order valence-corrected chi connectivity index (χ2v) is 8.13. The Bertz CT molecular complexity index is 1130. The number of aromatic nitrogens is 1. The van der Waals surface area contributed by atoms with Crippen LogP contribution in [0.4, 0.5) is 0 Å². The molecule has 5 nitrogen and oxygen atoms in total. The van der Waals surface area contributed by atoms with Gasteiger partial charge in [-0.2, -0.15) is 4.99 Å². The Kier molecular flexibility index (Phi) is 6.23. The average Bonchev–Trinajstić information content (AvgIpc) is 2.92. The number of aryl methyl sites for hydroxylation is 2. The Balaban J connectivity index is 2.18. The molecule has 1 heterocycles. The first-order valence-electron chi connectivity index (χ1n) is 8.60. The summed E-state index contributed by atoms with van der Waals surface area (Å²) in [6, 6.07) is 8.59. The normalized spacial score (nSPS) is 11.8. The molecule has 1 aromatic heterocycles. The summed E-state index contributed by atoms with van der Waals surface area (Å²) in [5.41, 5.74) is 3.23. The molecule has 8 heteroatoms. The van der Waals surface area contributed by atoms with Crippen molar-refractivity contribution < 1.29 is 14.3 Å². The van der Waals surface area contributed by atoms with E-state index >= 15 is 0 Å². The SMILES string of the molecule is CCOC(=O)Cn1c(=NC(=O)c2cc(Cl)cc(Cl)c2)sc2c(C)cc(C)cc21. The van der Waals surface area contributed by atoms with Crippen molar-refractivity contribution in [3.8, 4) is 0 Å². The average molecular weight is 437 g/mol. The molecule has 28 heavy (non-hydrogen) atoms. The van der Waals surface area contributed by atoms with E-state index in [4.69, 9.17) is 27.9 Å². The highest BCUT2D eigenvalue weighted by atomic mass is 35.5. The van der Waals surface area contributed by atoms with E-state index in [9.17, 15) is 9.59 Å². The Hall–Kier alpha value is -2.15. The van der Waals surface area contributed by atoms with Gasteiger partial charge in [0.1, 0.15) is 6.54 Å². The number of carbonyl (C=O) groups is 2. The smallest absolute Gasteiger partial charge is 0.326 e. The summed E-state index contributed by atoms with van der Waals surface area (Å²) >= 11 is 13.3. The van der Waals surface area contributed by atoms with Gasteiger partial charge in [0.15, 0.2) is 4.80 Å². The second kappa shape index (κ2) is 8.47. The maximum atomic E-state index is 12.7. The van der Waals surface area contributed by atoms with Gasteiger partial charge < -0.3 is 9.30 Å². The maximum absolute atomic E-state index is 12.7. The number of amides is 1. The number of nitrogens with zero attached hydrogens (tertiary/aromatic N) is 2. The lowest BCUT2D eigenvalue weighted by molar-refractivity contribution is -0.143. The molecule has 1 amide bonds. The fraction of sp³-hybridized carbons (Fsp3) is 0.250. The van der Waals surface area contributed by atoms with Gasteiger partial charge in [0.05, 0.1) is 16.8 Å². The Morgan fingerprint density at radius 1 is 1.11 bits per heavy atom. The molecule has 0 aliphatic heterocycles. The molecule has 0 radical (unpaired) electrons. The van der Waals surface area contributed by atoms with Crippen molar-refractivity contribution in [2.24, 2.45) is 4.99 Å². The highest BCUT2D eigenvalue weighted by Gasteiger charge is 2.15. The van der Waals surface area contributed by atoms with Crippen LogP contribution in [0.1, 0.15) is 28.4 Å². The topological polar surface area (TPSA) is 60.7 Å². The molecule has 0 atom stereocenters. The molecule has 146 valence electrons. The first-order valence-corrected chi connectivity index (χ1v) is 10.2. The summed E-state index contributed by atoms with van der Waals surface area (Å²) in [5, 5.41) is 0.710. The van der Waals surface area contributed by atoms with Crippen molar-refractivity contribution in [2.45, 2.75) is 27.3 Å². The van der Waals surface area contributed by atoms with Crippen molar-refractivity contribution in [2.75, 3.05) is 6.61 Å². The molecule has 0 saturated carbocycles. The van der Waals surface area contributed by atoms with Crippen molar-refractivity contribution in [3.63, 3.8) is 0 Å². The van der Waals surface area contributed by atoms with Gasteiger partial charge in [0, 0.05) is 15.6 Å². The molecule has 0 saturated heterocycles. The van der Waals surface area contributed by atoms with Gasteiger partial charge in [-0.3, -0.25) is 9.59 Å². The quantitative estimate of drug-likeness (QED) is 0.544. The number of fused-ring (bicyclic) bond motifs is 1. The number of hydrogen-bond acceptors (Lipinski definition) is 4. The van der Waals surface area contributed by atoms with Crippen LogP contribution in [0.2, 0.25) is 10.0 Å². The number of thiazole rings is 1. The summed E-state index contributed by atoms with van der Waals surface area (Å²) in [7, 11) is 0. The lowest BCUT2D eigenvalue weighted by Gasteiger charge is -2.06. The molecule has 0 bridgehead atoms. The van der Waals surface area contributed by atoms with E-state index in [1.54, 1.807) is 17.6 Å². The van der Waals surface area contributed by atoms with Gasteiger partial charge >= 0.3 is 5.97 Å². The third kappa shape index (κ3) is 4.46. The molecular formula is C20H18Cl2N2O3S. The molecule has 0 aliphatic rings. The molecule has 0 fully saturated rings. The molecule has 3 rings (SSSR count). The largest absolute Gasteiger partial charge is 0.465 e. The van der Waals surface area contributed by atoms with Crippen molar-refractivity contribution in [1.29, 1.82) is 0 Å². The number of esters is 1. The second-order valence-electron chi connectivity index (χ2n) is 6.28. The van der Waals surface area contributed by atoms with E-state index in [1.165, 1.54) is 23.5 Å². The van der Waals surface area contributed by atoms with E-state index in [-0.39, 0.29) is 24.7 Å². The highest BCUT2D eigenvalue weighted by Crippen LogP contribution is 2.24. The molecule has 3 aromatic rings. The summed E-state index contributed by atoms with van der Waals surface area (Å²) in [5.74, 6) is -0.871. The predicted molar refractivity (Wildman–Crippen MR) is 112 cm³/mol. The van der Waals surface area contributed by atoms with Crippen molar-refractivity contribution >= 4 is 56.6 Å². The molecule has 0 unspecified atom stereocenters. The third-order valence-electron chi connectivity index (χ3n) is 4.01. The van der Waals surface area contributed by atoms with Gasteiger partial charge in [-0.1, -0.05) is 40.6 Å². The fourth-order valence-corrected chi connectivity index (χ4v) is 4.52. The van der Waals surface area contributed by atoms with Crippen LogP contribution in [0.15, 0.2) is 35.3 Å². The van der Waals surface area contributed by atoms with Crippen LogP contribution in [-0.2, 0) is 16.1 Å². The monoisotopic (exact) mass is 436 g/mol. The fourth-order valence-electron chi connectivity index (χ4n) is 2.92. The van der Waals surface area contributed by atoms with E-state index in [0.717, 1.165) is 21.3 Å². The number of carbonyl (C=O) groups excluding carboxylic acids is 2. The van der Waals surface area contributed by atoms with E-state index in [2.05, 4.69) is 11.1 Å². The summed E-state index contributed by atoms with van der Waals surface area (Å²) in [6.07, 6.45) is 0. The Labute approximate surface area is 176 Å². The van der Waals surface area contributed by atoms with Gasteiger partial charge in [-0.05, 0) is 56.2 Å². The third-order valence-corrected chi connectivity index (χ3v) is 5.68. The van der Waals surface area contributed by atoms with Crippen LogP contribution in [-0.4, -0.2) is 23.1 Å². The number of ether oxygens (including phenoxy) is 1. The van der Waals surface area contributed by atoms with Gasteiger partial charge in [0.25, 0.3) is 5.91 Å². The standard InChI is InChI=1S/C20H18Cl2N2O3S/c1-4-27-17(25)10-24-16-6-11(2)5-12(3)18(16)28-20(24)23-19(26)13-7-14(21)9-15(22)8-13/h5-9H,4,10H2,1-3H3. The first-order chi connectivity index (χ1) is 13.3. The van der Waals surface area contributed by atoms with Crippen LogP contribution in [0, 0.1) is 13.8 Å². The first kappa shape index (κ1) is 20.6. The minimum absolute atomic E-state index is 0.0286. The summed E-state index contributed by atoms with van der Waals surface area (Å²) < 4.78 is 7.76. The Morgan fingerprint density at radius 3 is 2.43 bits per heavy atom. The molecule has 2 aromatic carbocycles. The number of rotatable bonds is 4. The maximum Gasteiger partial charge on any atom is 0.326 e. The van der Waals surface area contributed by atoms with E-state index in [0.29, 0.717) is 14.8 Å². The zero-order valence-corrected chi connectivity index (χ0v) is 17.9. The molecule has 0 aliphatic carbocycles. The van der Waals surface area contributed by atoms with Gasteiger partial charge in [0.2, 0.25) is 0 Å². The minimum Gasteiger partial charge on any atom is -0.465 e. The number of halogens is 2. The zero-order valence-electron chi connectivity index (χ0n) is 15.6. The zero-order chi connectivity index (χ0) is 20.4. The number of hydrogen-bond donors (Lipinski definition) is 0. The van der Waals surface area contributed by atoms with Crippen molar-refractivity contribution in [3.05, 3.63) is 61.9 Å². The van der Waals surface area contributed by atoms with Crippen LogP contribution in [0.3, 0.4) is 0 Å². The van der Waals surface area contributed by atoms with Gasteiger partial charge in [-0.15, -0.1) is 0 Å².